The molecule has 0 aliphatic rings. The standard InChI is InChI=1S/C10H17ClN2O2S2/c1-4-10(5-2,6-3)13-17(14,15)8-7-12-9(11)16-8/h7,13H,4-6H2,1-3H3. The number of nitrogens with one attached hydrogen (secondary N) is 1. The summed E-state index contributed by atoms with van der Waals surface area (Å²) >= 11 is 6.63. The molecule has 1 aromatic rings. The Bertz CT molecular complexity index is 458. The minimum Gasteiger partial charge on any atom is -0.232 e. The fraction of sp³-hybridized carbons (Fsp3) is 0.700. The van der Waals surface area contributed by atoms with Gasteiger partial charge in [0.25, 0.3) is 10.0 Å². The molecule has 0 bridgehead atoms. The van der Waals surface area contributed by atoms with Crippen LogP contribution in [0.4, 0.5) is 0 Å². The van der Waals surface area contributed by atoms with E-state index in [1.165, 1.54) is 6.20 Å². The molecule has 0 saturated carbocycles. The number of hydrogen-bond donors (Lipinski definition) is 1. The summed E-state index contributed by atoms with van der Waals surface area (Å²) in [6.07, 6.45) is 3.56. The first-order valence-electron chi connectivity index (χ1n) is 5.54. The monoisotopic (exact) mass is 296 g/mol. The van der Waals surface area contributed by atoms with Gasteiger partial charge in [-0.3, -0.25) is 0 Å². The van der Waals surface area contributed by atoms with Crippen molar-refractivity contribution in [2.24, 2.45) is 0 Å². The highest BCUT2D eigenvalue weighted by molar-refractivity contribution is 7.91. The molecule has 0 spiro atoms. The Hall–Kier alpha value is -0.170. The lowest BCUT2D eigenvalue weighted by Crippen LogP contribution is -2.46. The molecule has 4 nitrogen and oxygen atoms in total. The molecule has 17 heavy (non-hydrogen) atoms. The van der Waals surface area contributed by atoms with E-state index < -0.39 is 10.0 Å². The first-order valence-corrected chi connectivity index (χ1v) is 8.22. The number of aromatic nitrogens is 1. The molecule has 0 aromatic carbocycles. The quantitative estimate of drug-likeness (QED) is 0.878. The van der Waals surface area contributed by atoms with E-state index in [-0.39, 0.29) is 14.2 Å². The first kappa shape index (κ1) is 14.9. The van der Waals surface area contributed by atoms with Gasteiger partial charge >= 0.3 is 0 Å². The highest BCUT2D eigenvalue weighted by Crippen LogP contribution is 2.26. The van der Waals surface area contributed by atoms with Gasteiger partial charge in [-0.15, -0.1) is 0 Å². The molecule has 0 radical (unpaired) electrons. The van der Waals surface area contributed by atoms with Gasteiger partial charge in [-0.1, -0.05) is 43.7 Å². The van der Waals surface area contributed by atoms with E-state index in [0.29, 0.717) is 0 Å². The Morgan fingerprint density at radius 3 is 2.24 bits per heavy atom. The van der Waals surface area contributed by atoms with Crippen LogP contribution in [0.2, 0.25) is 4.47 Å². The summed E-state index contributed by atoms with van der Waals surface area (Å²) in [6, 6.07) is 0. The number of halogens is 1. The summed E-state index contributed by atoms with van der Waals surface area (Å²) in [7, 11) is -3.51. The van der Waals surface area contributed by atoms with Crippen molar-refractivity contribution in [3.8, 4) is 0 Å². The van der Waals surface area contributed by atoms with Gasteiger partial charge in [0.2, 0.25) is 0 Å². The van der Waals surface area contributed by atoms with Crippen LogP contribution in [0.3, 0.4) is 0 Å². The molecule has 0 saturated heterocycles. The van der Waals surface area contributed by atoms with Gasteiger partial charge in [-0.25, -0.2) is 18.1 Å². The molecule has 1 heterocycles. The predicted molar refractivity (Wildman–Crippen MR) is 71.0 cm³/mol. The van der Waals surface area contributed by atoms with Crippen LogP contribution in [0.5, 0.6) is 0 Å². The average Bonchev–Trinajstić information content (AvgIpc) is 2.74. The summed E-state index contributed by atoms with van der Waals surface area (Å²) < 4.78 is 27.5. The summed E-state index contributed by atoms with van der Waals surface area (Å²) in [5.41, 5.74) is -0.380. The van der Waals surface area contributed by atoms with E-state index >= 15 is 0 Å². The van der Waals surface area contributed by atoms with Crippen LogP contribution in [0.25, 0.3) is 0 Å². The molecule has 7 heteroatoms. The van der Waals surface area contributed by atoms with Crippen molar-refractivity contribution >= 4 is 33.0 Å². The van der Waals surface area contributed by atoms with Crippen LogP contribution in [0.1, 0.15) is 40.0 Å². The second-order valence-corrected chi connectivity index (χ2v) is 7.40. The lowest BCUT2D eigenvalue weighted by atomic mass is 9.91. The van der Waals surface area contributed by atoms with Gasteiger partial charge in [0, 0.05) is 5.54 Å². The molecule has 98 valence electrons. The Labute approximate surface area is 111 Å². The lowest BCUT2D eigenvalue weighted by Gasteiger charge is -2.30. The maximum atomic E-state index is 12.1. The molecule has 1 rings (SSSR count). The molecule has 1 aromatic heterocycles. The average molecular weight is 297 g/mol. The maximum absolute atomic E-state index is 12.1. The van der Waals surface area contributed by atoms with Gasteiger partial charge in [-0.05, 0) is 19.3 Å². The second-order valence-electron chi connectivity index (χ2n) is 3.88. The Kier molecular flexibility index (Phi) is 4.95. The Morgan fingerprint density at radius 1 is 1.35 bits per heavy atom. The Morgan fingerprint density at radius 2 is 1.88 bits per heavy atom. The van der Waals surface area contributed by atoms with E-state index in [1.54, 1.807) is 0 Å². The third-order valence-electron chi connectivity index (χ3n) is 3.10. The van der Waals surface area contributed by atoms with Crippen molar-refractivity contribution in [2.75, 3.05) is 0 Å². The first-order chi connectivity index (χ1) is 7.89. The van der Waals surface area contributed by atoms with Crippen LogP contribution >= 0.6 is 22.9 Å². The predicted octanol–water partition coefficient (Wildman–Crippen LogP) is 3.04. The van der Waals surface area contributed by atoms with E-state index in [4.69, 9.17) is 11.6 Å². The van der Waals surface area contributed by atoms with Gasteiger partial charge in [0.1, 0.15) is 0 Å². The van der Waals surface area contributed by atoms with Gasteiger partial charge in [-0.2, -0.15) is 0 Å². The van der Waals surface area contributed by atoms with Crippen molar-refractivity contribution in [1.82, 2.24) is 9.71 Å². The number of rotatable bonds is 6. The highest BCUT2D eigenvalue weighted by Gasteiger charge is 2.31. The van der Waals surface area contributed by atoms with Crippen molar-refractivity contribution in [3.63, 3.8) is 0 Å². The molecule has 0 amide bonds. The molecule has 0 fully saturated rings. The zero-order chi connectivity index (χ0) is 13.1. The van der Waals surface area contributed by atoms with Crippen molar-refractivity contribution < 1.29 is 8.42 Å². The third kappa shape index (κ3) is 3.40. The summed E-state index contributed by atoms with van der Waals surface area (Å²) in [5, 5.41) is 0. The van der Waals surface area contributed by atoms with E-state index in [9.17, 15) is 8.42 Å². The smallest absolute Gasteiger partial charge is 0.232 e. The maximum Gasteiger partial charge on any atom is 0.252 e. The highest BCUT2D eigenvalue weighted by atomic mass is 35.5. The summed E-state index contributed by atoms with van der Waals surface area (Å²) in [4.78, 5) is 3.76. The zero-order valence-electron chi connectivity index (χ0n) is 10.2. The van der Waals surface area contributed by atoms with E-state index in [1.807, 2.05) is 20.8 Å². The normalized spacial score (nSPS) is 12.9. The summed E-state index contributed by atoms with van der Waals surface area (Å²) in [5.74, 6) is 0. The van der Waals surface area contributed by atoms with E-state index in [0.717, 1.165) is 30.6 Å². The van der Waals surface area contributed by atoms with Crippen molar-refractivity contribution in [2.45, 2.75) is 49.8 Å². The van der Waals surface area contributed by atoms with Crippen LogP contribution < -0.4 is 4.72 Å². The largest absolute Gasteiger partial charge is 0.252 e. The number of sulfonamides is 1. The van der Waals surface area contributed by atoms with E-state index in [2.05, 4.69) is 9.71 Å². The minimum absolute atomic E-state index is 0.169. The molecule has 0 unspecified atom stereocenters. The topological polar surface area (TPSA) is 59.1 Å². The van der Waals surface area contributed by atoms with Crippen LogP contribution in [-0.2, 0) is 10.0 Å². The van der Waals surface area contributed by atoms with Gasteiger partial charge in [0.15, 0.2) is 8.68 Å². The van der Waals surface area contributed by atoms with Crippen LogP contribution in [0, 0.1) is 0 Å². The summed E-state index contributed by atoms with van der Waals surface area (Å²) in [6.45, 7) is 5.94. The van der Waals surface area contributed by atoms with Gasteiger partial charge in [0.05, 0.1) is 6.20 Å². The van der Waals surface area contributed by atoms with Crippen LogP contribution in [-0.4, -0.2) is 18.9 Å². The SMILES string of the molecule is CCC(CC)(CC)NS(=O)(=O)c1cnc(Cl)s1. The fourth-order valence-corrected chi connectivity index (χ4v) is 4.57. The molecule has 0 atom stereocenters. The molecular weight excluding hydrogens is 280 g/mol. The molecule has 1 N–H and O–H groups in total. The molecular formula is C10H17ClN2O2S2. The number of thiazole rings is 1. The van der Waals surface area contributed by atoms with Crippen molar-refractivity contribution in [3.05, 3.63) is 10.7 Å². The van der Waals surface area contributed by atoms with Gasteiger partial charge < -0.3 is 0 Å². The van der Waals surface area contributed by atoms with Crippen molar-refractivity contribution in [1.29, 1.82) is 0 Å². The second kappa shape index (κ2) is 5.65. The molecule has 0 aliphatic carbocycles. The number of nitrogens with zero attached hydrogens (tertiary/aromatic N) is 1. The lowest BCUT2D eigenvalue weighted by molar-refractivity contribution is 0.342. The molecule has 0 aliphatic heterocycles. The van der Waals surface area contributed by atoms with Crippen LogP contribution in [0.15, 0.2) is 10.4 Å². The number of hydrogen-bond acceptors (Lipinski definition) is 4. The third-order valence-corrected chi connectivity index (χ3v) is 6.26. The Balaban J connectivity index is 3.00. The zero-order valence-corrected chi connectivity index (χ0v) is 12.5. The fourth-order valence-electron chi connectivity index (χ4n) is 1.67. The minimum atomic E-state index is -3.51.